The van der Waals surface area contributed by atoms with Crippen LogP contribution in [-0.2, 0) is 4.79 Å². The van der Waals surface area contributed by atoms with Crippen LogP contribution in [-0.4, -0.2) is 154 Å². The predicted octanol–water partition coefficient (Wildman–Crippen LogP) is -7.58. The Bertz CT molecular complexity index is 860. The number of benzene rings is 1. The Morgan fingerprint density at radius 1 is 0.632 bits per heavy atom. The molecule has 0 aliphatic rings. The molecule has 17 nitrogen and oxygen atoms in total. The Morgan fingerprint density at radius 2 is 1.05 bits per heavy atom. The first-order chi connectivity index (χ1) is 17.7. The predicted molar refractivity (Wildman–Crippen MR) is 122 cm³/mol. The molecular formula is C21H34N2O15. The number of carbonyl (C=O) groups excluding carboxylic acids is 2. The van der Waals surface area contributed by atoms with Crippen molar-refractivity contribution in [3.8, 4) is 5.75 Å². The van der Waals surface area contributed by atoms with Crippen LogP contribution in [0.15, 0.2) is 24.3 Å². The molecule has 38 heavy (non-hydrogen) atoms. The lowest BCUT2D eigenvalue weighted by atomic mass is 10.0. The van der Waals surface area contributed by atoms with Crippen LogP contribution in [0.4, 0.5) is 0 Å². The van der Waals surface area contributed by atoms with Gasteiger partial charge < -0.3 is 76.6 Å². The number of hydrogen-bond donors (Lipinski definition) is 14. The number of ether oxygens (including phenoxy) is 1. The van der Waals surface area contributed by atoms with Crippen LogP contribution in [0.3, 0.4) is 0 Å². The Balaban J connectivity index is 2.59. The van der Waals surface area contributed by atoms with E-state index < -0.39 is 92.9 Å². The zero-order valence-corrected chi connectivity index (χ0v) is 19.8. The lowest BCUT2D eigenvalue weighted by Gasteiger charge is -2.28. The minimum atomic E-state index is -2.13. The Morgan fingerprint density at radius 3 is 1.47 bits per heavy atom. The van der Waals surface area contributed by atoms with Gasteiger partial charge in [-0.05, 0) is 24.3 Å². The highest BCUT2D eigenvalue weighted by Gasteiger charge is 2.36. The molecule has 1 aromatic rings. The van der Waals surface area contributed by atoms with Crippen molar-refractivity contribution < 1.29 is 75.6 Å². The number of amides is 2. The smallest absolute Gasteiger partial charge is 0.259 e. The summed E-state index contributed by atoms with van der Waals surface area (Å²) in [6.45, 7) is -2.58. The molecule has 0 spiro atoms. The van der Waals surface area contributed by atoms with Crippen molar-refractivity contribution in [2.24, 2.45) is 0 Å². The molecule has 0 fully saturated rings. The molecule has 2 amide bonds. The van der Waals surface area contributed by atoms with Gasteiger partial charge in [-0.2, -0.15) is 0 Å². The molecule has 218 valence electrons. The van der Waals surface area contributed by atoms with Gasteiger partial charge in [0, 0.05) is 5.56 Å². The SMILES string of the molecule is O=C(COc1ccc(C(=O)NC(O)[C@H](O)[C@H](O)[C@H](O)[C@@H](O)CO)cc1)NC(O)[C@H](O)[C@H](O)[C@H](O)[C@@H](O)CO. The van der Waals surface area contributed by atoms with E-state index in [1.807, 2.05) is 10.6 Å². The molecule has 1 aromatic carbocycles. The molecule has 0 saturated heterocycles. The highest BCUT2D eigenvalue weighted by molar-refractivity contribution is 5.94. The molecule has 10 atom stereocenters. The fourth-order valence-electron chi connectivity index (χ4n) is 2.90. The van der Waals surface area contributed by atoms with Crippen molar-refractivity contribution in [2.75, 3.05) is 19.8 Å². The maximum atomic E-state index is 12.2. The van der Waals surface area contributed by atoms with Crippen LogP contribution < -0.4 is 15.4 Å². The maximum absolute atomic E-state index is 12.2. The molecule has 14 N–H and O–H groups in total. The number of aliphatic hydroxyl groups excluding tert-OH is 12. The summed E-state index contributed by atoms with van der Waals surface area (Å²) in [7, 11) is 0. The molecule has 1 rings (SSSR count). The zero-order valence-electron chi connectivity index (χ0n) is 19.8. The number of rotatable bonds is 16. The Kier molecular flexibility index (Phi) is 13.9. The number of nitrogens with one attached hydrogen (secondary N) is 2. The second-order valence-corrected chi connectivity index (χ2v) is 8.19. The van der Waals surface area contributed by atoms with Gasteiger partial charge in [0.2, 0.25) is 0 Å². The second kappa shape index (κ2) is 15.8. The summed E-state index contributed by atoms with van der Waals surface area (Å²) in [4.78, 5) is 24.1. The van der Waals surface area contributed by atoms with Gasteiger partial charge in [-0.25, -0.2) is 0 Å². The number of aliphatic hydroxyl groups is 12. The molecule has 17 heteroatoms. The first kappa shape index (κ1) is 33.5. The third-order valence-electron chi connectivity index (χ3n) is 5.28. The molecule has 0 aliphatic carbocycles. The summed E-state index contributed by atoms with van der Waals surface area (Å²) in [5.74, 6) is -1.87. The van der Waals surface area contributed by atoms with Gasteiger partial charge in [0.25, 0.3) is 11.8 Å². The van der Waals surface area contributed by atoms with Crippen molar-refractivity contribution in [1.29, 1.82) is 0 Å². The quantitative estimate of drug-likeness (QED) is 0.0844. The first-order valence-corrected chi connectivity index (χ1v) is 11.1. The van der Waals surface area contributed by atoms with E-state index in [2.05, 4.69) is 0 Å². The Hall–Kier alpha value is -2.52. The summed E-state index contributed by atoms with van der Waals surface area (Å²) < 4.78 is 5.14. The fraction of sp³-hybridized carbons (Fsp3) is 0.619. The molecule has 0 aliphatic heterocycles. The van der Waals surface area contributed by atoms with Crippen LogP contribution in [0.25, 0.3) is 0 Å². The zero-order chi connectivity index (χ0) is 29.2. The monoisotopic (exact) mass is 554 g/mol. The van der Waals surface area contributed by atoms with Gasteiger partial charge in [0.15, 0.2) is 19.1 Å². The minimum Gasteiger partial charge on any atom is -0.484 e. The van der Waals surface area contributed by atoms with E-state index >= 15 is 0 Å². The molecular weight excluding hydrogens is 520 g/mol. The van der Waals surface area contributed by atoms with Crippen LogP contribution in [0, 0.1) is 0 Å². The summed E-state index contributed by atoms with van der Waals surface area (Å²) in [5.41, 5.74) is -0.0744. The number of carbonyl (C=O) groups is 2. The average molecular weight is 555 g/mol. The third-order valence-corrected chi connectivity index (χ3v) is 5.28. The van der Waals surface area contributed by atoms with Gasteiger partial charge >= 0.3 is 0 Å². The largest absolute Gasteiger partial charge is 0.484 e. The van der Waals surface area contributed by atoms with Crippen molar-refractivity contribution in [1.82, 2.24) is 10.6 Å². The maximum Gasteiger partial charge on any atom is 0.259 e. The standard InChI is InChI=1S/C21H34N2O15/c24-5-10(26)13(29)15(31)17(33)20(36)22-12(28)7-38-9-3-1-8(2-4-9)19(35)23-21(37)18(34)16(32)14(30)11(27)6-25/h1-4,10-11,13-18,20-21,24-27,29-34,36-37H,5-7H2,(H,22,28)(H,23,35)/t10-,11-,13+,14+,15+,16+,17+,18+,20?,21?/m0/s1. The summed E-state index contributed by atoms with van der Waals surface area (Å²) in [5, 5.41) is 118. The normalized spacial score (nSPS) is 19.6. The highest BCUT2D eigenvalue weighted by atomic mass is 16.5. The fourth-order valence-corrected chi connectivity index (χ4v) is 2.90. The van der Waals surface area contributed by atoms with Crippen molar-refractivity contribution in [2.45, 2.75) is 61.3 Å². The van der Waals surface area contributed by atoms with E-state index in [1.54, 1.807) is 0 Å². The second-order valence-electron chi connectivity index (χ2n) is 8.19. The van der Waals surface area contributed by atoms with Gasteiger partial charge in [0.1, 0.15) is 54.6 Å². The van der Waals surface area contributed by atoms with Crippen LogP contribution in [0.5, 0.6) is 5.75 Å². The van der Waals surface area contributed by atoms with E-state index in [-0.39, 0.29) is 11.3 Å². The number of hydrogen-bond acceptors (Lipinski definition) is 15. The van der Waals surface area contributed by atoms with E-state index in [9.17, 15) is 60.7 Å². The van der Waals surface area contributed by atoms with Crippen molar-refractivity contribution >= 4 is 11.8 Å². The van der Waals surface area contributed by atoms with Crippen LogP contribution >= 0.6 is 0 Å². The van der Waals surface area contributed by atoms with Gasteiger partial charge in [-0.3, -0.25) is 9.59 Å². The topological polar surface area (TPSA) is 310 Å². The van der Waals surface area contributed by atoms with Crippen molar-refractivity contribution in [3.63, 3.8) is 0 Å². The van der Waals surface area contributed by atoms with Crippen LogP contribution in [0.2, 0.25) is 0 Å². The lowest BCUT2D eigenvalue weighted by Crippen LogP contribution is -2.55. The van der Waals surface area contributed by atoms with Gasteiger partial charge in [0.05, 0.1) is 13.2 Å². The Labute approximate surface area is 215 Å². The highest BCUT2D eigenvalue weighted by Crippen LogP contribution is 2.14. The first-order valence-electron chi connectivity index (χ1n) is 11.1. The van der Waals surface area contributed by atoms with E-state index in [1.165, 1.54) is 24.3 Å². The molecule has 2 unspecified atom stereocenters. The van der Waals surface area contributed by atoms with Crippen molar-refractivity contribution in [3.05, 3.63) is 29.8 Å². The molecule has 0 heterocycles. The van der Waals surface area contributed by atoms with E-state index in [0.717, 1.165) is 0 Å². The lowest BCUT2D eigenvalue weighted by molar-refractivity contribution is -0.152. The summed E-state index contributed by atoms with van der Waals surface area (Å²) in [6, 6.07) is 4.82. The van der Waals surface area contributed by atoms with E-state index in [0.29, 0.717) is 0 Å². The summed E-state index contributed by atoms with van der Waals surface area (Å²) >= 11 is 0. The average Bonchev–Trinajstić information content (AvgIpc) is 2.92. The third kappa shape index (κ3) is 9.66. The minimum absolute atomic E-state index is 0.0467. The molecule has 0 saturated carbocycles. The molecule has 0 bridgehead atoms. The van der Waals surface area contributed by atoms with Gasteiger partial charge in [-0.1, -0.05) is 0 Å². The van der Waals surface area contributed by atoms with Crippen LogP contribution in [0.1, 0.15) is 10.4 Å². The molecule has 0 radical (unpaired) electrons. The molecule has 0 aromatic heterocycles. The summed E-state index contributed by atoms with van der Waals surface area (Å²) in [6.07, 6.45) is -20.3. The van der Waals surface area contributed by atoms with Gasteiger partial charge in [-0.15, -0.1) is 0 Å². The van der Waals surface area contributed by atoms with E-state index in [4.69, 9.17) is 14.9 Å².